The lowest BCUT2D eigenvalue weighted by Crippen LogP contribution is -1.93. The monoisotopic (exact) mass is 193 g/mol. The first kappa shape index (κ1) is 8.99. The number of hydrogen-bond acceptors (Lipinski definition) is 4. The van der Waals surface area contributed by atoms with Gasteiger partial charge in [0.25, 0.3) is 0 Å². The Bertz CT molecular complexity index is 453. The maximum absolute atomic E-state index is 10.5. The lowest BCUT2D eigenvalue weighted by Gasteiger charge is -1.97. The van der Waals surface area contributed by atoms with Crippen molar-refractivity contribution in [2.24, 2.45) is 5.92 Å². The average Bonchev–Trinajstić information content (AvgIpc) is 2.61. The summed E-state index contributed by atoms with van der Waals surface area (Å²) in [5.74, 6) is 1.35. The molecule has 14 heavy (non-hydrogen) atoms. The zero-order chi connectivity index (χ0) is 10.1. The van der Waals surface area contributed by atoms with Gasteiger partial charge in [-0.2, -0.15) is 0 Å². The molecule has 2 aromatic heterocycles. The highest BCUT2D eigenvalue weighted by Gasteiger charge is 2.13. The minimum Gasteiger partial charge on any atom is -0.455 e. The highest BCUT2D eigenvalue weighted by atomic mass is 16.4. The van der Waals surface area contributed by atoms with Crippen LogP contribution in [0.1, 0.15) is 30.3 Å². The van der Waals surface area contributed by atoms with Gasteiger partial charge in [-0.05, 0) is 5.92 Å². The van der Waals surface area contributed by atoms with Crippen LogP contribution in [0, 0.1) is 5.92 Å². The van der Waals surface area contributed by atoms with E-state index in [0.717, 1.165) is 6.42 Å². The van der Waals surface area contributed by atoms with Crippen molar-refractivity contribution in [2.75, 3.05) is 0 Å². The van der Waals surface area contributed by atoms with Crippen LogP contribution in [-0.2, 0) is 6.42 Å². The second kappa shape index (κ2) is 3.29. The normalized spacial score (nSPS) is 11.4. The van der Waals surface area contributed by atoms with E-state index in [0.29, 0.717) is 29.2 Å². The van der Waals surface area contributed by atoms with E-state index in [9.17, 15) is 4.79 Å². The van der Waals surface area contributed by atoms with Gasteiger partial charge >= 0.3 is 0 Å². The van der Waals surface area contributed by atoms with Gasteiger partial charge < -0.3 is 8.83 Å². The summed E-state index contributed by atoms with van der Waals surface area (Å²) in [5.41, 5.74) is 1.07. The van der Waals surface area contributed by atoms with Gasteiger partial charge in [-0.25, -0.2) is 4.98 Å². The topological polar surface area (TPSA) is 56.2 Å². The number of hydrogen-bond donors (Lipinski definition) is 0. The summed E-state index contributed by atoms with van der Waals surface area (Å²) in [4.78, 5) is 14.7. The summed E-state index contributed by atoms with van der Waals surface area (Å²) >= 11 is 0. The van der Waals surface area contributed by atoms with Gasteiger partial charge in [0, 0.05) is 6.42 Å². The molecule has 0 spiro atoms. The summed E-state index contributed by atoms with van der Waals surface area (Å²) in [7, 11) is 0. The van der Waals surface area contributed by atoms with Gasteiger partial charge in [-0.1, -0.05) is 13.8 Å². The first-order chi connectivity index (χ1) is 6.70. The molecule has 2 heterocycles. The maximum Gasteiger partial charge on any atom is 0.211 e. The third-order valence-corrected chi connectivity index (χ3v) is 1.91. The molecule has 4 nitrogen and oxygen atoms in total. The van der Waals surface area contributed by atoms with E-state index in [4.69, 9.17) is 8.83 Å². The van der Waals surface area contributed by atoms with Crippen molar-refractivity contribution in [2.45, 2.75) is 20.3 Å². The first-order valence-electron chi connectivity index (χ1n) is 4.52. The van der Waals surface area contributed by atoms with E-state index in [1.54, 1.807) is 0 Å². The van der Waals surface area contributed by atoms with Crippen molar-refractivity contribution in [1.29, 1.82) is 0 Å². The Morgan fingerprint density at radius 2 is 2.36 bits per heavy atom. The van der Waals surface area contributed by atoms with E-state index in [2.05, 4.69) is 18.8 Å². The minimum absolute atomic E-state index is 0.211. The Morgan fingerprint density at radius 3 is 3.00 bits per heavy atom. The Kier molecular flexibility index (Phi) is 2.11. The molecule has 0 unspecified atom stereocenters. The van der Waals surface area contributed by atoms with E-state index >= 15 is 0 Å². The Morgan fingerprint density at radius 1 is 1.57 bits per heavy atom. The van der Waals surface area contributed by atoms with Crippen LogP contribution in [0.2, 0.25) is 0 Å². The fourth-order valence-electron chi connectivity index (χ4n) is 1.33. The summed E-state index contributed by atoms with van der Waals surface area (Å²) in [5, 5.41) is 0. The average molecular weight is 193 g/mol. The number of rotatable bonds is 3. The van der Waals surface area contributed by atoms with Gasteiger partial charge in [0.15, 0.2) is 12.2 Å². The van der Waals surface area contributed by atoms with Gasteiger partial charge in [0.2, 0.25) is 11.3 Å². The minimum atomic E-state index is 0.211. The van der Waals surface area contributed by atoms with Crippen molar-refractivity contribution in [3.8, 4) is 0 Å². The number of carbonyl (C=O) groups is 1. The fraction of sp³-hybridized carbons (Fsp3) is 0.400. The molecule has 4 heteroatoms. The molecule has 0 fully saturated rings. The predicted octanol–water partition coefficient (Wildman–Crippen LogP) is 2.43. The molecule has 0 saturated heterocycles. The summed E-state index contributed by atoms with van der Waals surface area (Å²) < 4.78 is 10.3. The van der Waals surface area contributed by atoms with Crippen LogP contribution in [0.25, 0.3) is 11.1 Å². The zero-order valence-electron chi connectivity index (χ0n) is 8.11. The van der Waals surface area contributed by atoms with E-state index in [-0.39, 0.29) is 5.76 Å². The molecule has 0 aromatic carbocycles. The summed E-state index contributed by atoms with van der Waals surface area (Å²) in [6.07, 6.45) is 2.84. The first-order valence-corrected chi connectivity index (χ1v) is 4.52. The van der Waals surface area contributed by atoms with Gasteiger partial charge in [0.05, 0.1) is 0 Å². The van der Waals surface area contributed by atoms with Crippen molar-refractivity contribution in [3.05, 3.63) is 17.9 Å². The maximum atomic E-state index is 10.5. The fourth-order valence-corrected chi connectivity index (χ4v) is 1.33. The van der Waals surface area contributed by atoms with E-state index in [1.807, 2.05) is 0 Å². The molecule has 0 aliphatic carbocycles. The van der Waals surface area contributed by atoms with E-state index < -0.39 is 0 Å². The number of carbonyl (C=O) groups excluding carboxylic acids is 1. The molecule has 74 valence electrons. The second-order valence-electron chi connectivity index (χ2n) is 3.64. The molecule has 0 radical (unpaired) electrons. The quantitative estimate of drug-likeness (QED) is 0.702. The molecule has 0 amide bonds. The predicted molar refractivity (Wildman–Crippen MR) is 50.2 cm³/mol. The van der Waals surface area contributed by atoms with Crippen LogP contribution >= 0.6 is 0 Å². The van der Waals surface area contributed by atoms with Crippen molar-refractivity contribution in [3.63, 3.8) is 0 Å². The molecule has 0 aliphatic heterocycles. The van der Waals surface area contributed by atoms with Crippen LogP contribution in [-0.4, -0.2) is 11.3 Å². The van der Waals surface area contributed by atoms with Gasteiger partial charge in [-0.15, -0.1) is 0 Å². The highest BCUT2D eigenvalue weighted by Crippen LogP contribution is 2.21. The largest absolute Gasteiger partial charge is 0.455 e. The van der Waals surface area contributed by atoms with Crippen molar-refractivity contribution in [1.82, 2.24) is 4.98 Å². The van der Waals surface area contributed by atoms with Crippen LogP contribution in [0.4, 0.5) is 0 Å². The van der Waals surface area contributed by atoms with Crippen LogP contribution in [0.15, 0.2) is 15.1 Å². The third-order valence-electron chi connectivity index (χ3n) is 1.91. The molecule has 0 N–H and O–H groups in total. The molecule has 0 aliphatic rings. The van der Waals surface area contributed by atoms with Crippen molar-refractivity contribution < 1.29 is 13.6 Å². The van der Waals surface area contributed by atoms with E-state index in [1.165, 1.54) is 6.26 Å². The number of aldehydes is 1. The van der Waals surface area contributed by atoms with Gasteiger partial charge in [0.1, 0.15) is 11.8 Å². The molecule has 0 bridgehead atoms. The number of nitrogens with zero attached hydrogens (tertiary/aromatic N) is 1. The number of furan rings is 1. The lowest BCUT2D eigenvalue weighted by atomic mass is 10.1. The molecule has 2 aromatic rings. The highest BCUT2D eigenvalue weighted by molar-refractivity contribution is 5.89. The second-order valence-corrected chi connectivity index (χ2v) is 3.64. The lowest BCUT2D eigenvalue weighted by molar-refractivity contribution is 0.110. The smallest absolute Gasteiger partial charge is 0.211 e. The SMILES string of the molecule is CC(C)Cc1nc2coc(C=O)c2o1. The summed E-state index contributed by atoms with van der Waals surface area (Å²) in [6.45, 7) is 4.17. The Labute approximate surface area is 80.9 Å². The molecule has 0 saturated carbocycles. The molecular weight excluding hydrogens is 182 g/mol. The van der Waals surface area contributed by atoms with Crippen molar-refractivity contribution >= 4 is 17.4 Å². The summed E-state index contributed by atoms with van der Waals surface area (Å²) in [6, 6.07) is 0. The molecular formula is C10H11NO3. The number of aromatic nitrogens is 1. The third kappa shape index (κ3) is 1.43. The Balaban J connectivity index is 2.41. The Hall–Kier alpha value is -1.58. The van der Waals surface area contributed by atoms with Gasteiger partial charge in [-0.3, -0.25) is 4.79 Å². The van der Waals surface area contributed by atoms with Crippen LogP contribution in [0.3, 0.4) is 0 Å². The number of oxazole rings is 1. The zero-order valence-corrected chi connectivity index (χ0v) is 8.11. The van der Waals surface area contributed by atoms with Crippen LogP contribution in [0.5, 0.6) is 0 Å². The standard InChI is InChI=1S/C10H11NO3/c1-6(2)3-9-11-7-5-13-8(4-12)10(7)14-9/h4-6H,3H2,1-2H3. The van der Waals surface area contributed by atoms with Crippen LogP contribution < -0.4 is 0 Å². The number of fused-ring (bicyclic) bond motifs is 1. The molecule has 0 atom stereocenters. The molecule has 2 rings (SSSR count).